The van der Waals surface area contributed by atoms with Crippen LogP contribution in [0.3, 0.4) is 0 Å². The molecular formula is C115H122I6N15O10S2-3. The van der Waals surface area contributed by atoms with E-state index < -0.39 is 0 Å². The van der Waals surface area contributed by atoms with Gasteiger partial charge in [-0.05, 0) is 111 Å². The van der Waals surface area contributed by atoms with Gasteiger partial charge >= 0.3 is 498 Å². The minimum atomic E-state index is -0.239. The molecule has 0 aliphatic heterocycles. The maximum Gasteiger partial charge on any atom is 0.137 e. The van der Waals surface area contributed by atoms with Gasteiger partial charge in [0.2, 0.25) is 0 Å². The number of halogens is 6. The summed E-state index contributed by atoms with van der Waals surface area (Å²) in [5.41, 5.74) is 23.5. The largest absolute Gasteiger partial charge is 0.456 e. The van der Waals surface area contributed by atoms with Gasteiger partial charge in [0.05, 0.1) is 44.1 Å². The van der Waals surface area contributed by atoms with Crippen LogP contribution in [0.5, 0.6) is 23.0 Å². The first-order chi connectivity index (χ1) is 71.6. The second-order valence-corrected chi connectivity index (χ2v) is 45.6. The molecule has 0 atom stereocenters. The molecule has 0 unspecified atom stereocenters. The van der Waals surface area contributed by atoms with Gasteiger partial charge < -0.3 is 28.6 Å². The summed E-state index contributed by atoms with van der Waals surface area (Å²) in [6, 6.07) is 68.6. The number of aryl methyl sites for hydroxylation is 4. The molecule has 0 saturated carbocycles. The molecule has 18 aromatic rings. The fraction of sp³-hybridized carbons (Fsp3) is 0.278. The Kier molecular flexibility index (Phi) is 43.2. The van der Waals surface area contributed by atoms with Gasteiger partial charge in [0.25, 0.3) is 0 Å². The topological polar surface area (TPSA) is 236 Å². The van der Waals surface area contributed by atoms with Crippen molar-refractivity contribution in [2.45, 2.75) is 41.0 Å². The third-order valence-corrected chi connectivity index (χ3v) is 33.9. The molecule has 0 spiro atoms. The average molecular weight is 2700 g/mol. The summed E-state index contributed by atoms with van der Waals surface area (Å²) in [6.45, 7) is 11.9. The molecule has 9 heterocycles. The van der Waals surface area contributed by atoms with Crippen LogP contribution >= 0.6 is 90.4 Å². The number of alkyl halides is 6. The zero-order chi connectivity index (χ0) is 106. The number of benzene rings is 9. The van der Waals surface area contributed by atoms with Crippen molar-refractivity contribution in [2.24, 2.45) is 0 Å². The van der Waals surface area contributed by atoms with Crippen LogP contribution in [0.25, 0.3) is 108 Å². The Morgan fingerprint density at radius 2 is 0.818 bits per heavy atom. The number of thiazole rings is 2. The van der Waals surface area contributed by atoms with Crippen molar-refractivity contribution in [3.63, 3.8) is 0 Å². The van der Waals surface area contributed by atoms with E-state index in [1.54, 1.807) is 63.8 Å². The normalized spacial score (nSPS) is 11.0. The molecule has 9 aromatic carbocycles. The number of hydrogen-bond donors (Lipinski definition) is 0. The van der Waals surface area contributed by atoms with E-state index in [1.807, 2.05) is 131 Å². The van der Waals surface area contributed by atoms with Gasteiger partial charge in [-0.15, -0.1) is 22.7 Å². The van der Waals surface area contributed by atoms with E-state index in [9.17, 15) is 0 Å². The number of furan rings is 2. The molecule has 774 valence electrons. The Hall–Kier alpha value is -10.7. The Morgan fingerprint density at radius 1 is 0.365 bits per heavy atom. The smallest absolute Gasteiger partial charge is 0.137 e. The predicted molar refractivity (Wildman–Crippen MR) is 624 cm³/mol. The number of rotatable bonds is 34. The quantitative estimate of drug-likeness (QED) is 0.0158. The summed E-state index contributed by atoms with van der Waals surface area (Å²) < 4.78 is 65.1. The van der Waals surface area contributed by atoms with Crippen LogP contribution in [0.4, 0.5) is 46.2 Å². The Labute approximate surface area is 948 Å². The minimum Gasteiger partial charge on any atom is -0.456 e. The van der Waals surface area contributed by atoms with E-state index in [4.69, 9.17) is 84.5 Å². The van der Waals surface area contributed by atoms with Gasteiger partial charge in [0.15, 0.2) is 0 Å². The number of aromatic nitrogens is 9. The molecule has 148 heavy (non-hydrogen) atoms. The molecule has 0 saturated heterocycles. The van der Waals surface area contributed by atoms with Gasteiger partial charge in [-0.25, -0.2) is 24.9 Å². The zero-order valence-electron chi connectivity index (χ0n) is 87.0. The summed E-state index contributed by atoms with van der Waals surface area (Å²) in [5.74, 6) is 14.3. The summed E-state index contributed by atoms with van der Waals surface area (Å²) in [7, 11) is 26.8. The number of terminal acetylenes is 2. The Balaban J connectivity index is 0.000000150. The molecule has 9 aromatic heterocycles. The molecule has 0 bridgehead atoms. The number of fused-ring (bicyclic) bond motifs is 6. The van der Waals surface area contributed by atoms with Crippen LogP contribution in [0.15, 0.2) is 222 Å². The van der Waals surface area contributed by atoms with E-state index in [0.29, 0.717) is 75.9 Å². The average Bonchev–Trinajstić information content (AvgIpc) is 1.49. The summed E-state index contributed by atoms with van der Waals surface area (Å²) in [4.78, 5) is 60.8. The van der Waals surface area contributed by atoms with Gasteiger partial charge in [-0.3, -0.25) is 0 Å². The van der Waals surface area contributed by atoms with Gasteiger partial charge in [-0.1, -0.05) is 91.5 Å². The number of pyridine rings is 3. The van der Waals surface area contributed by atoms with Gasteiger partial charge in [-0.2, -0.15) is 0 Å². The van der Waals surface area contributed by atoms with Crippen LogP contribution in [-0.2, 0) is 32.2 Å². The first-order valence-electron chi connectivity index (χ1n) is 47.1. The van der Waals surface area contributed by atoms with Crippen molar-refractivity contribution >= 4 is 201 Å². The number of nitrogens with zero attached hydrogens (tertiary/aromatic N) is 15. The van der Waals surface area contributed by atoms with Crippen molar-refractivity contribution in [2.75, 3.05) is 196 Å². The van der Waals surface area contributed by atoms with Crippen LogP contribution in [-0.4, -0.2) is 211 Å². The molecular weight excluding hydrogens is 2580 g/mol. The molecule has 0 aliphatic carbocycles. The van der Waals surface area contributed by atoms with Crippen molar-refractivity contribution in [3.8, 4) is 91.5 Å². The van der Waals surface area contributed by atoms with Crippen molar-refractivity contribution in [3.05, 3.63) is 274 Å². The third kappa shape index (κ3) is 29.4. The molecule has 0 aliphatic rings. The van der Waals surface area contributed by atoms with E-state index in [1.165, 1.54) is 59.0 Å². The fourth-order valence-corrected chi connectivity index (χ4v) is 24.7. The molecule has 0 fully saturated rings. The van der Waals surface area contributed by atoms with E-state index >= 15 is 0 Å². The summed E-state index contributed by atoms with van der Waals surface area (Å²) in [6.07, 6.45) is 14.6. The third-order valence-electron chi connectivity index (χ3n) is 23.3. The van der Waals surface area contributed by atoms with E-state index in [-0.39, 0.29) is 63.6 Å². The standard InChI is InChI=1S/2C24H27IN3O4.C18H19INO.C17H17IN2O.2C16H16IN3S/c1-6-17-13-18(7-8-20(17)25-2)28(3)24-19-14-22(31-11-9-29-4)23(32-12-10-30-5)15-21(19)26-16-27-24;1-6-17-8-7-9-20(23(17)25-2)28(3)24-18-14-21(31-12-10-29-4)22(32-13-11-30-5)15-19(18)26-16-27-24;1-12-5-8-17-14(9-12)11-18(21-17)13-6-7-16(20(3)4)15(10-13)19-2;1-11-4-6-15-12(8-11)9-16(21-15)13-5-7-17(20(2)3)19-14(13)10-18;1-10-4-6-14-12(8-10)19-16(21-14)11-5-7-15(20(2)3)18-13(11)9-17;1-10-4-6-12-14(8-10)21-16(19-12)11-5-7-15(20(2)3)18-13(11)9-17/h1,7-8,13-16H,9-12H2,2-5H3;1,7-9,14-16H,10-13H2,2-5H3;5-11H,1-4H3;4-9H,10H2,1-3H3;2*4-8H,9H2,1-3H3/q3*-1;;;. The molecule has 18 rings (SSSR count). The monoisotopic (exact) mass is 2700 g/mol. The molecule has 0 N–H and O–H groups in total. The number of ether oxygens (including phenoxy) is 8. The van der Waals surface area contributed by atoms with Crippen molar-refractivity contribution in [1.29, 1.82) is 0 Å². The first-order valence-corrected chi connectivity index (χ1v) is 63.0. The zero-order valence-corrected chi connectivity index (χ0v) is 102. The number of anilines is 8. The van der Waals surface area contributed by atoms with Crippen molar-refractivity contribution in [1.82, 2.24) is 44.9 Å². The maximum absolute atomic E-state index is 6.01. The molecule has 25 nitrogen and oxygen atoms in total. The number of methoxy groups -OCH3 is 4. The predicted octanol–water partition coefficient (Wildman–Crippen LogP) is 16.1. The Morgan fingerprint density at radius 3 is 1.30 bits per heavy atom. The van der Waals surface area contributed by atoms with Crippen LogP contribution < -0.4 is 112 Å². The summed E-state index contributed by atoms with van der Waals surface area (Å²) >= 11 is 10.3. The second-order valence-electron chi connectivity index (χ2n) is 34.6. The Bertz CT molecular complexity index is 7350. The second kappa shape index (κ2) is 55.9. The summed E-state index contributed by atoms with van der Waals surface area (Å²) in [5, 5.41) is 6.12. The van der Waals surface area contributed by atoms with E-state index in [0.717, 1.165) is 170 Å². The molecule has 33 heteroatoms. The first kappa shape index (κ1) is 114. The van der Waals surface area contributed by atoms with Crippen LogP contribution in [0, 0.1) is 63.1 Å². The van der Waals surface area contributed by atoms with Crippen LogP contribution in [0.2, 0.25) is 0 Å². The van der Waals surface area contributed by atoms with Gasteiger partial charge in [0.1, 0.15) is 38.8 Å². The molecule has 0 radical (unpaired) electrons. The SMILES string of the molecule is C#Cc1cc(N(C)c2ncnc3cc(OCCOC)c(OCCOC)cc23)ccc1[I-]C.C#Cc1cccc(N(C)c2ncnc3cc(OCCOC)c(OCCOC)cc23)c1[I-]C.C[I-]c1cc(-c2cc3cc(C)ccc3o2)ccc1N(C)C.Cc1ccc2nc(-c3ccc(N(C)C)nc3CI)sc2c1.Cc1ccc2oc(-c3ccc(N(C)C)nc3CI)cc2c1.Cc1ccc2sc(-c3ccc(N(C)C)nc3CI)nc2c1. The van der Waals surface area contributed by atoms with Crippen LogP contribution in [0.1, 0.15) is 50.5 Å². The van der Waals surface area contributed by atoms with Gasteiger partial charge in [0, 0.05) is 99.0 Å². The van der Waals surface area contributed by atoms with E-state index in [2.05, 4.69) is 312 Å². The molecule has 0 amide bonds. The number of hydrogen-bond acceptors (Lipinski definition) is 27. The minimum absolute atomic E-state index is 0.0325. The fourth-order valence-electron chi connectivity index (χ4n) is 15.6. The maximum atomic E-state index is 6.01. The van der Waals surface area contributed by atoms with Crippen molar-refractivity contribution < 1.29 is 110 Å².